The summed E-state index contributed by atoms with van der Waals surface area (Å²) in [5.41, 5.74) is 0. The van der Waals surface area contributed by atoms with Crippen molar-refractivity contribution < 1.29 is 8.78 Å². The van der Waals surface area contributed by atoms with Crippen LogP contribution in [-0.2, 0) is 0 Å². The Balaban J connectivity index is 2.12. The highest BCUT2D eigenvalue weighted by Gasteiger charge is 2.53. The zero-order valence-electron chi connectivity index (χ0n) is 8.76. The number of rotatable bonds is 1. The second-order valence-corrected chi connectivity index (χ2v) is 4.77. The summed E-state index contributed by atoms with van der Waals surface area (Å²) in [7, 11) is 0. The number of halogens is 2. The van der Waals surface area contributed by atoms with E-state index < -0.39 is 17.8 Å². The standard InChI is InChI=1S/C10H18F2N2/c1-7(2)14-5-8-3-13-4-9(6-14)10(8,11)12/h7-9,13H,3-6H2,1-2H3. The monoisotopic (exact) mass is 204 g/mol. The van der Waals surface area contributed by atoms with Crippen LogP contribution in [0.25, 0.3) is 0 Å². The Bertz CT molecular complexity index is 202. The van der Waals surface area contributed by atoms with Gasteiger partial charge in [0.1, 0.15) is 0 Å². The number of hydrogen-bond acceptors (Lipinski definition) is 2. The predicted molar refractivity (Wildman–Crippen MR) is 51.5 cm³/mol. The molecule has 2 atom stereocenters. The van der Waals surface area contributed by atoms with Gasteiger partial charge in [-0.3, -0.25) is 4.90 Å². The van der Waals surface area contributed by atoms with Crippen LogP contribution in [0.5, 0.6) is 0 Å². The van der Waals surface area contributed by atoms with Crippen molar-refractivity contribution in [1.29, 1.82) is 0 Å². The topological polar surface area (TPSA) is 15.3 Å². The molecule has 0 aromatic rings. The molecule has 0 spiro atoms. The number of hydrogen-bond donors (Lipinski definition) is 1. The fourth-order valence-corrected chi connectivity index (χ4v) is 2.47. The van der Waals surface area contributed by atoms with Crippen LogP contribution in [0.2, 0.25) is 0 Å². The first-order valence-corrected chi connectivity index (χ1v) is 5.34. The molecule has 2 aliphatic heterocycles. The van der Waals surface area contributed by atoms with E-state index in [0.29, 0.717) is 32.2 Å². The summed E-state index contributed by atoms with van der Waals surface area (Å²) in [4.78, 5) is 2.17. The molecular weight excluding hydrogens is 186 g/mol. The van der Waals surface area contributed by atoms with Crippen LogP contribution in [-0.4, -0.2) is 43.0 Å². The summed E-state index contributed by atoms with van der Waals surface area (Å²) in [5.74, 6) is -3.42. The Labute approximate surface area is 83.7 Å². The van der Waals surface area contributed by atoms with Crippen molar-refractivity contribution in [2.75, 3.05) is 26.2 Å². The molecule has 0 aliphatic carbocycles. The molecule has 14 heavy (non-hydrogen) atoms. The third-order valence-corrected chi connectivity index (χ3v) is 3.51. The van der Waals surface area contributed by atoms with Crippen molar-refractivity contribution in [3.8, 4) is 0 Å². The van der Waals surface area contributed by atoms with Gasteiger partial charge in [-0.2, -0.15) is 0 Å². The zero-order valence-corrected chi connectivity index (χ0v) is 8.76. The van der Waals surface area contributed by atoms with E-state index in [4.69, 9.17) is 0 Å². The van der Waals surface area contributed by atoms with Gasteiger partial charge in [0.25, 0.3) is 5.92 Å². The van der Waals surface area contributed by atoms with E-state index in [9.17, 15) is 8.78 Å². The Morgan fingerprint density at radius 2 is 1.71 bits per heavy atom. The van der Waals surface area contributed by atoms with Crippen molar-refractivity contribution in [3.63, 3.8) is 0 Å². The van der Waals surface area contributed by atoms with E-state index >= 15 is 0 Å². The molecular formula is C10H18F2N2. The highest BCUT2D eigenvalue weighted by molar-refractivity contribution is 4.98. The lowest BCUT2D eigenvalue weighted by molar-refractivity contribution is -0.167. The van der Waals surface area contributed by atoms with Gasteiger partial charge in [0.15, 0.2) is 0 Å². The molecule has 0 aromatic carbocycles. The maximum atomic E-state index is 13.7. The van der Waals surface area contributed by atoms with Crippen molar-refractivity contribution in [2.24, 2.45) is 11.8 Å². The number of likely N-dealkylation sites (tertiary alicyclic amines) is 1. The summed E-state index contributed by atoms with van der Waals surface area (Å²) >= 11 is 0. The molecule has 2 heterocycles. The molecule has 2 nitrogen and oxygen atoms in total. The summed E-state index contributed by atoms with van der Waals surface area (Å²) in [6.45, 7) is 6.15. The van der Waals surface area contributed by atoms with Crippen LogP contribution in [0, 0.1) is 11.8 Å². The number of fused-ring (bicyclic) bond motifs is 2. The van der Waals surface area contributed by atoms with Gasteiger partial charge in [0, 0.05) is 44.1 Å². The van der Waals surface area contributed by atoms with Crippen molar-refractivity contribution in [2.45, 2.75) is 25.8 Å². The largest absolute Gasteiger partial charge is 0.316 e. The first kappa shape index (κ1) is 10.3. The molecule has 82 valence electrons. The molecule has 0 radical (unpaired) electrons. The molecule has 1 N–H and O–H groups in total. The SMILES string of the molecule is CC(C)N1CC2CNCC(C1)C2(F)F. The quantitative estimate of drug-likeness (QED) is 0.690. The van der Waals surface area contributed by atoms with E-state index in [2.05, 4.69) is 24.1 Å². The second kappa shape index (κ2) is 3.42. The summed E-state index contributed by atoms with van der Waals surface area (Å²) in [6.07, 6.45) is 0. The Kier molecular flexibility index (Phi) is 2.52. The van der Waals surface area contributed by atoms with E-state index in [0.717, 1.165) is 0 Å². The zero-order chi connectivity index (χ0) is 10.3. The molecule has 0 aromatic heterocycles. The van der Waals surface area contributed by atoms with Gasteiger partial charge >= 0.3 is 0 Å². The summed E-state index contributed by atoms with van der Waals surface area (Å²) < 4.78 is 27.4. The molecule has 2 fully saturated rings. The first-order chi connectivity index (χ1) is 6.51. The Morgan fingerprint density at radius 3 is 2.14 bits per heavy atom. The number of alkyl halides is 2. The fourth-order valence-electron chi connectivity index (χ4n) is 2.47. The molecule has 4 heteroatoms. The van der Waals surface area contributed by atoms with Gasteiger partial charge in [-0.05, 0) is 13.8 Å². The highest BCUT2D eigenvalue weighted by atomic mass is 19.3. The lowest BCUT2D eigenvalue weighted by atomic mass is 9.81. The molecule has 0 saturated carbocycles. The first-order valence-electron chi connectivity index (χ1n) is 5.34. The minimum Gasteiger partial charge on any atom is -0.316 e. The summed E-state index contributed by atoms with van der Waals surface area (Å²) in [5, 5.41) is 3.10. The highest BCUT2D eigenvalue weighted by Crippen LogP contribution is 2.40. The third-order valence-electron chi connectivity index (χ3n) is 3.51. The second-order valence-electron chi connectivity index (χ2n) is 4.77. The third kappa shape index (κ3) is 1.54. The van der Waals surface area contributed by atoms with Crippen LogP contribution >= 0.6 is 0 Å². The van der Waals surface area contributed by atoms with E-state index in [-0.39, 0.29) is 0 Å². The lowest BCUT2D eigenvalue weighted by Crippen LogP contribution is -2.63. The van der Waals surface area contributed by atoms with Gasteiger partial charge in [-0.25, -0.2) is 8.78 Å². The van der Waals surface area contributed by atoms with Crippen molar-refractivity contribution in [1.82, 2.24) is 10.2 Å². The van der Waals surface area contributed by atoms with Gasteiger partial charge < -0.3 is 5.32 Å². The molecule has 2 aliphatic rings. The van der Waals surface area contributed by atoms with Crippen LogP contribution in [0.4, 0.5) is 8.78 Å². The minimum absolute atomic E-state index is 0.384. The number of piperidine rings is 2. The van der Waals surface area contributed by atoms with Crippen LogP contribution in [0.1, 0.15) is 13.8 Å². The van der Waals surface area contributed by atoms with Gasteiger partial charge in [0.2, 0.25) is 0 Å². The Morgan fingerprint density at radius 1 is 1.21 bits per heavy atom. The maximum absolute atomic E-state index is 13.7. The Hall–Kier alpha value is -0.220. The van der Waals surface area contributed by atoms with Gasteiger partial charge in [0.05, 0.1) is 0 Å². The molecule has 2 rings (SSSR count). The van der Waals surface area contributed by atoms with Crippen LogP contribution < -0.4 is 5.32 Å². The predicted octanol–water partition coefficient (Wildman–Crippen LogP) is 1.18. The van der Waals surface area contributed by atoms with Gasteiger partial charge in [-0.1, -0.05) is 0 Å². The van der Waals surface area contributed by atoms with Gasteiger partial charge in [-0.15, -0.1) is 0 Å². The molecule has 0 amide bonds. The van der Waals surface area contributed by atoms with Crippen LogP contribution in [0.3, 0.4) is 0 Å². The lowest BCUT2D eigenvalue weighted by Gasteiger charge is -2.48. The van der Waals surface area contributed by atoms with Crippen LogP contribution in [0.15, 0.2) is 0 Å². The fraction of sp³-hybridized carbons (Fsp3) is 1.00. The maximum Gasteiger partial charge on any atom is 0.258 e. The average Bonchev–Trinajstić information content (AvgIpc) is 2.00. The molecule has 2 bridgehead atoms. The minimum atomic E-state index is -2.45. The van der Waals surface area contributed by atoms with E-state index in [1.807, 2.05) is 0 Å². The molecule has 2 unspecified atom stereocenters. The van der Waals surface area contributed by atoms with Crippen molar-refractivity contribution >= 4 is 0 Å². The number of nitrogens with one attached hydrogen (secondary N) is 1. The molecule has 2 saturated heterocycles. The summed E-state index contributed by atoms with van der Waals surface area (Å²) in [6, 6.07) is 0.384. The number of nitrogens with zero attached hydrogens (tertiary/aromatic N) is 1. The smallest absolute Gasteiger partial charge is 0.258 e. The van der Waals surface area contributed by atoms with E-state index in [1.54, 1.807) is 0 Å². The van der Waals surface area contributed by atoms with Crippen molar-refractivity contribution in [3.05, 3.63) is 0 Å². The average molecular weight is 204 g/mol. The van der Waals surface area contributed by atoms with E-state index in [1.165, 1.54) is 0 Å². The normalized spacial score (nSPS) is 37.5.